The SMILES string of the molecule is CCC1COCCN1Cc1ncncc1C(=O)O. The van der Waals surface area contributed by atoms with Crippen LogP contribution in [0.3, 0.4) is 0 Å². The Bertz CT molecular complexity index is 425. The highest BCUT2D eigenvalue weighted by atomic mass is 16.5. The molecule has 0 radical (unpaired) electrons. The summed E-state index contributed by atoms with van der Waals surface area (Å²) in [7, 11) is 0. The minimum atomic E-state index is -0.980. The normalized spacial score (nSPS) is 20.8. The molecular weight excluding hydrogens is 234 g/mol. The van der Waals surface area contributed by atoms with Gasteiger partial charge in [0.05, 0.1) is 18.9 Å². The lowest BCUT2D eigenvalue weighted by molar-refractivity contribution is -0.0134. The molecule has 1 aromatic heterocycles. The minimum Gasteiger partial charge on any atom is -0.478 e. The summed E-state index contributed by atoms with van der Waals surface area (Å²) in [5.74, 6) is -0.980. The summed E-state index contributed by atoms with van der Waals surface area (Å²) in [6.45, 7) is 4.83. The van der Waals surface area contributed by atoms with Gasteiger partial charge in [-0.25, -0.2) is 14.8 Å². The van der Waals surface area contributed by atoms with Gasteiger partial charge in [0.2, 0.25) is 0 Å². The fourth-order valence-corrected chi connectivity index (χ4v) is 2.13. The van der Waals surface area contributed by atoms with Crippen molar-refractivity contribution in [2.45, 2.75) is 25.9 Å². The molecule has 98 valence electrons. The second-order valence-corrected chi connectivity index (χ2v) is 4.30. The van der Waals surface area contributed by atoms with Crippen molar-refractivity contribution in [3.8, 4) is 0 Å². The maximum Gasteiger partial charge on any atom is 0.339 e. The van der Waals surface area contributed by atoms with Crippen LogP contribution in [0.5, 0.6) is 0 Å². The molecule has 1 N–H and O–H groups in total. The van der Waals surface area contributed by atoms with E-state index in [-0.39, 0.29) is 5.56 Å². The molecule has 1 aliphatic heterocycles. The van der Waals surface area contributed by atoms with Crippen molar-refractivity contribution in [3.63, 3.8) is 0 Å². The maximum atomic E-state index is 11.1. The first-order valence-electron chi connectivity index (χ1n) is 6.06. The van der Waals surface area contributed by atoms with Crippen LogP contribution in [0.1, 0.15) is 29.4 Å². The number of hydrogen-bond donors (Lipinski definition) is 1. The van der Waals surface area contributed by atoms with Gasteiger partial charge in [0.1, 0.15) is 11.9 Å². The molecule has 1 saturated heterocycles. The molecule has 6 nitrogen and oxygen atoms in total. The third kappa shape index (κ3) is 2.83. The number of hydrogen-bond acceptors (Lipinski definition) is 5. The van der Waals surface area contributed by atoms with Crippen LogP contribution < -0.4 is 0 Å². The predicted octanol–water partition coefficient (Wildman–Crippen LogP) is 0.786. The summed E-state index contributed by atoms with van der Waals surface area (Å²) < 4.78 is 5.43. The minimum absolute atomic E-state index is 0.179. The lowest BCUT2D eigenvalue weighted by atomic mass is 10.1. The molecule has 2 heterocycles. The Morgan fingerprint density at radius 2 is 2.50 bits per heavy atom. The van der Waals surface area contributed by atoms with Crippen molar-refractivity contribution >= 4 is 5.97 Å². The van der Waals surface area contributed by atoms with Gasteiger partial charge in [-0.1, -0.05) is 6.92 Å². The molecule has 0 aliphatic carbocycles. The average Bonchev–Trinajstić information content (AvgIpc) is 2.40. The van der Waals surface area contributed by atoms with Crippen LogP contribution in [-0.2, 0) is 11.3 Å². The summed E-state index contributed by atoms with van der Waals surface area (Å²) >= 11 is 0. The molecule has 1 unspecified atom stereocenters. The van der Waals surface area contributed by atoms with Gasteiger partial charge < -0.3 is 9.84 Å². The Balaban J connectivity index is 2.15. The highest BCUT2D eigenvalue weighted by molar-refractivity contribution is 5.88. The smallest absolute Gasteiger partial charge is 0.339 e. The van der Waals surface area contributed by atoms with E-state index in [0.717, 1.165) is 13.0 Å². The van der Waals surface area contributed by atoms with Crippen molar-refractivity contribution in [2.75, 3.05) is 19.8 Å². The quantitative estimate of drug-likeness (QED) is 0.852. The lowest BCUT2D eigenvalue weighted by Gasteiger charge is -2.34. The van der Waals surface area contributed by atoms with Crippen molar-refractivity contribution in [2.24, 2.45) is 0 Å². The Morgan fingerprint density at radius 3 is 3.22 bits per heavy atom. The van der Waals surface area contributed by atoms with E-state index < -0.39 is 5.97 Å². The van der Waals surface area contributed by atoms with E-state index in [2.05, 4.69) is 21.8 Å². The van der Waals surface area contributed by atoms with Gasteiger partial charge in [0, 0.05) is 25.3 Å². The van der Waals surface area contributed by atoms with E-state index in [9.17, 15) is 4.79 Å². The Morgan fingerprint density at radius 1 is 1.67 bits per heavy atom. The van der Waals surface area contributed by atoms with Gasteiger partial charge >= 0.3 is 5.97 Å². The number of nitrogens with zero attached hydrogens (tertiary/aromatic N) is 3. The number of carboxylic acids is 1. The fraction of sp³-hybridized carbons (Fsp3) is 0.583. The zero-order chi connectivity index (χ0) is 13.0. The summed E-state index contributed by atoms with van der Waals surface area (Å²) in [4.78, 5) is 21.2. The highest BCUT2D eigenvalue weighted by Gasteiger charge is 2.23. The van der Waals surface area contributed by atoms with Gasteiger partial charge in [0.15, 0.2) is 0 Å². The molecule has 18 heavy (non-hydrogen) atoms. The Kier molecular flexibility index (Phi) is 4.22. The summed E-state index contributed by atoms with van der Waals surface area (Å²) in [6.07, 6.45) is 3.72. The van der Waals surface area contributed by atoms with E-state index in [1.807, 2.05) is 0 Å². The van der Waals surface area contributed by atoms with E-state index in [1.54, 1.807) is 0 Å². The van der Waals surface area contributed by atoms with Gasteiger partial charge in [-0.15, -0.1) is 0 Å². The number of carboxylic acid groups (broad SMARTS) is 1. The number of aromatic carboxylic acids is 1. The number of rotatable bonds is 4. The van der Waals surface area contributed by atoms with Crippen LogP contribution in [0.25, 0.3) is 0 Å². The molecule has 1 atom stereocenters. The Hall–Kier alpha value is -1.53. The molecule has 0 aromatic carbocycles. The number of morpholine rings is 1. The van der Waals surface area contributed by atoms with Crippen molar-refractivity contribution in [3.05, 3.63) is 23.8 Å². The van der Waals surface area contributed by atoms with Gasteiger partial charge in [-0.05, 0) is 6.42 Å². The lowest BCUT2D eigenvalue weighted by Crippen LogP contribution is -2.44. The largest absolute Gasteiger partial charge is 0.478 e. The van der Waals surface area contributed by atoms with E-state index in [0.29, 0.717) is 31.5 Å². The topological polar surface area (TPSA) is 75.5 Å². The molecule has 2 rings (SSSR count). The van der Waals surface area contributed by atoms with E-state index in [4.69, 9.17) is 9.84 Å². The first kappa shape index (κ1) is 12.9. The number of aromatic nitrogens is 2. The zero-order valence-corrected chi connectivity index (χ0v) is 10.4. The molecule has 0 saturated carbocycles. The van der Waals surface area contributed by atoms with Crippen molar-refractivity contribution in [1.29, 1.82) is 0 Å². The van der Waals surface area contributed by atoms with Crippen molar-refractivity contribution in [1.82, 2.24) is 14.9 Å². The first-order valence-corrected chi connectivity index (χ1v) is 6.06. The third-order valence-electron chi connectivity index (χ3n) is 3.20. The average molecular weight is 251 g/mol. The second-order valence-electron chi connectivity index (χ2n) is 4.30. The van der Waals surface area contributed by atoms with Crippen molar-refractivity contribution < 1.29 is 14.6 Å². The molecule has 1 fully saturated rings. The van der Waals surface area contributed by atoms with Gasteiger partial charge in [-0.3, -0.25) is 4.90 Å². The monoisotopic (exact) mass is 251 g/mol. The second kappa shape index (κ2) is 5.88. The van der Waals surface area contributed by atoms with Gasteiger partial charge in [0.25, 0.3) is 0 Å². The third-order valence-corrected chi connectivity index (χ3v) is 3.20. The van der Waals surface area contributed by atoms with Crippen LogP contribution in [0.2, 0.25) is 0 Å². The maximum absolute atomic E-state index is 11.1. The van der Waals surface area contributed by atoms with Crippen LogP contribution in [0.15, 0.2) is 12.5 Å². The molecule has 0 amide bonds. The molecule has 1 aromatic rings. The van der Waals surface area contributed by atoms with Crippen LogP contribution >= 0.6 is 0 Å². The van der Waals surface area contributed by atoms with Gasteiger partial charge in [-0.2, -0.15) is 0 Å². The molecule has 1 aliphatic rings. The Labute approximate surface area is 106 Å². The molecule has 0 bridgehead atoms. The first-order chi connectivity index (χ1) is 8.72. The summed E-state index contributed by atoms with van der Waals surface area (Å²) in [6, 6.07) is 0.329. The molecular formula is C12H17N3O3. The fourth-order valence-electron chi connectivity index (χ4n) is 2.13. The standard InChI is InChI=1S/C12H17N3O3/c1-2-9-7-18-4-3-15(9)6-11-10(12(16)17)5-13-8-14-11/h5,8-9H,2-4,6-7H2,1H3,(H,16,17). The molecule has 6 heteroatoms. The van der Waals surface area contributed by atoms with E-state index in [1.165, 1.54) is 12.5 Å². The summed E-state index contributed by atoms with van der Waals surface area (Å²) in [5.41, 5.74) is 0.747. The van der Waals surface area contributed by atoms with Crippen LogP contribution in [0, 0.1) is 0 Å². The van der Waals surface area contributed by atoms with Crippen LogP contribution in [-0.4, -0.2) is 51.7 Å². The number of carbonyl (C=O) groups is 1. The highest BCUT2D eigenvalue weighted by Crippen LogP contribution is 2.15. The number of ether oxygens (including phenoxy) is 1. The van der Waals surface area contributed by atoms with Crippen LogP contribution in [0.4, 0.5) is 0 Å². The summed E-state index contributed by atoms with van der Waals surface area (Å²) in [5, 5.41) is 9.10. The predicted molar refractivity (Wildman–Crippen MR) is 64.3 cm³/mol. The van der Waals surface area contributed by atoms with E-state index >= 15 is 0 Å². The zero-order valence-electron chi connectivity index (χ0n) is 10.4. The molecule has 0 spiro atoms.